The fourth-order valence-corrected chi connectivity index (χ4v) is 3.73. The van der Waals surface area contributed by atoms with Gasteiger partial charge in [-0.1, -0.05) is 53.7 Å². The fraction of sp³-hybridized carbons (Fsp3) is 0.727. The predicted molar refractivity (Wildman–Crippen MR) is 119 cm³/mol. The molecular weight excluding hydrogens is 351 g/mol. The fourth-order valence-electron chi connectivity index (χ4n) is 2.69. The van der Waals surface area contributed by atoms with E-state index in [1.807, 2.05) is 0 Å². The van der Waals surface area contributed by atoms with Crippen molar-refractivity contribution in [3.05, 3.63) is 23.8 Å². The zero-order valence-corrected chi connectivity index (χ0v) is 20.5. The van der Waals surface area contributed by atoms with Gasteiger partial charge in [0.15, 0.2) is 0 Å². The van der Waals surface area contributed by atoms with Crippen LogP contribution in [0.2, 0.25) is 18.1 Å². The number of hydrogen-bond donors (Lipinski definition) is 0. The first-order chi connectivity index (χ1) is 11.9. The molecule has 27 heavy (non-hydrogen) atoms. The second kappa shape index (κ2) is 6.64. The SMILES string of the molecule is CC(C)(C)c1ccc(O[Si](C)(C)C(C)(C)C)c(B2OC(C)(C)C(C)(C)O2)c1. The van der Waals surface area contributed by atoms with E-state index < -0.39 is 15.4 Å². The lowest BCUT2D eigenvalue weighted by Gasteiger charge is -2.37. The second-order valence-corrected chi connectivity index (χ2v) is 16.2. The Morgan fingerprint density at radius 3 is 1.78 bits per heavy atom. The zero-order chi connectivity index (χ0) is 21.1. The van der Waals surface area contributed by atoms with E-state index in [0.717, 1.165) is 11.2 Å². The van der Waals surface area contributed by atoms with Crippen LogP contribution in [0.4, 0.5) is 0 Å². The van der Waals surface area contributed by atoms with Gasteiger partial charge in [0, 0.05) is 5.46 Å². The van der Waals surface area contributed by atoms with Gasteiger partial charge in [-0.15, -0.1) is 0 Å². The van der Waals surface area contributed by atoms with Gasteiger partial charge in [-0.3, -0.25) is 0 Å². The molecule has 152 valence electrons. The van der Waals surface area contributed by atoms with Gasteiger partial charge in [0.1, 0.15) is 5.75 Å². The summed E-state index contributed by atoms with van der Waals surface area (Å²) in [6, 6.07) is 6.50. The summed E-state index contributed by atoms with van der Waals surface area (Å²) in [5.74, 6) is 0.896. The Balaban J connectivity index is 2.53. The third kappa shape index (κ3) is 4.46. The molecule has 1 aromatic rings. The Morgan fingerprint density at radius 2 is 1.37 bits per heavy atom. The summed E-state index contributed by atoms with van der Waals surface area (Å²) >= 11 is 0. The molecule has 0 unspecified atom stereocenters. The topological polar surface area (TPSA) is 27.7 Å². The third-order valence-electron chi connectivity index (χ3n) is 6.55. The second-order valence-electron chi connectivity index (χ2n) is 11.5. The Morgan fingerprint density at radius 1 is 0.889 bits per heavy atom. The summed E-state index contributed by atoms with van der Waals surface area (Å²) in [4.78, 5) is 0. The van der Waals surface area contributed by atoms with Crippen LogP contribution in [-0.4, -0.2) is 26.6 Å². The lowest BCUT2D eigenvalue weighted by Crippen LogP contribution is -2.46. The minimum absolute atomic E-state index is 0.0495. The van der Waals surface area contributed by atoms with Crippen LogP contribution in [-0.2, 0) is 14.7 Å². The van der Waals surface area contributed by atoms with E-state index in [-0.39, 0.29) is 21.7 Å². The quantitative estimate of drug-likeness (QED) is 0.623. The van der Waals surface area contributed by atoms with E-state index in [2.05, 4.69) is 101 Å². The summed E-state index contributed by atoms with van der Waals surface area (Å²) < 4.78 is 19.4. The Bertz CT molecular complexity index is 680. The molecule has 0 saturated carbocycles. The van der Waals surface area contributed by atoms with Crippen LogP contribution in [0, 0.1) is 0 Å². The minimum Gasteiger partial charge on any atom is -0.544 e. The van der Waals surface area contributed by atoms with Gasteiger partial charge in [-0.2, -0.15) is 0 Å². The van der Waals surface area contributed by atoms with Gasteiger partial charge >= 0.3 is 7.12 Å². The van der Waals surface area contributed by atoms with Crippen LogP contribution < -0.4 is 9.89 Å². The molecule has 0 radical (unpaired) electrons. The molecule has 1 saturated heterocycles. The highest BCUT2D eigenvalue weighted by Crippen LogP contribution is 2.40. The molecule has 0 aromatic heterocycles. The predicted octanol–water partition coefficient (Wildman–Crippen LogP) is 5.67. The van der Waals surface area contributed by atoms with Crippen molar-refractivity contribution in [1.82, 2.24) is 0 Å². The normalized spacial score (nSPS) is 20.1. The van der Waals surface area contributed by atoms with Gasteiger partial charge in [0.05, 0.1) is 11.2 Å². The largest absolute Gasteiger partial charge is 0.544 e. The van der Waals surface area contributed by atoms with E-state index >= 15 is 0 Å². The van der Waals surface area contributed by atoms with E-state index in [1.54, 1.807) is 0 Å². The van der Waals surface area contributed by atoms with E-state index in [9.17, 15) is 0 Å². The number of rotatable bonds is 3. The van der Waals surface area contributed by atoms with Crippen molar-refractivity contribution in [2.75, 3.05) is 0 Å². The van der Waals surface area contributed by atoms with E-state index in [0.29, 0.717) is 0 Å². The summed E-state index contributed by atoms with van der Waals surface area (Å²) in [5.41, 5.74) is 1.57. The molecule has 2 rings (SSSR count). The summed E-state index contributed by atoms with van der Waals surface area (Å²) in [5, 5.41) is 0.128. The Labute approximate surface area is 168 Å². The summed E-state index contributed by atoms with van der Waals surface area (Å²) in [7, 11) is -2.39. The molecule has 5 heteroatoms. The Hall–Kier alpha value is -0.778. The molecule has 3 nitrogen and oxygen atoms in total. The first-order valence-corrected chi connectivity index (χ1v) is 13.0. The Kier molecular flexibility index (Phi) is 5.53. The van der Waals surface area contributed by atoms with Crippen LogP contribution in [0.25, 0.3) is 0 Å². The maximum atomic E-state index is 6.69. The highest BCUT2D eigenvalue weighted by molar-refractivity contribution is 6.75. The van der Waals surface area contributed by atoms with Crippen LogP contribution in [0.15, 0.2) is 18.2 Å². The van der Waals surface area contributed by atoms with Crippen LogP contribution in [0.3, 0.4) is 0 Å². The van der Waals surface area contributed by atoms with Crippen molar-refractivity contribution in [3.8, 4) is 5.75 Å². The highest BCUT2D eigenvalue weighted by atomic mass is 28.4. The number of benzene rings is 1. The van der Waals surface area contributed by atoms with Crippen molar-refractivity contribution >= 4 is 20.9 Å². The first-order valence-electron chi connectivity index (χ1n) is 10.1. The average Bonchev–Trinajstić information content (AvgIpc) is 2.64. The van der Waals surface area contributed by atoms with E-state index in [4.69, 9.17) is 13.7 Å². The van der Waals surface area contributed by atoms with Crippen LogP contribution in [0.1, 0.15) is 74.8 Å². The number of hydrogen-bond acceptors (Lipinski definition) is 3. The van der Waals surface area contributed by atoms with E-state index in [1.165, 1.54) is 5.56 Å². The molecule has 1 aromatic carbocycles. The smallest absolute Gasteiger partial charge is 0.498 e. The van der Waals surface area contributed by atoms with Crippen molar-refractivity contribution in [3.63, 3.8) is 0 Å². The summed E-state index contributed by atoms with van der Waals surface area (Å²) in [6.07, 6.45) is 0. The lowest BCUT2D eigenvalue weighted by atomic mass is 9.75. The van der Waals surface area contributed by atoms with Gasteiger partial charge in [0.25, 0.3) is 0 Å². The van der Waals surface area contributed by atoms with Crippen molar-refractivity contribution in [2.45, 2.75) is 104 Å². The molecule has 0 N–H and O–H groups in total. The zero-order valence-electron chi connectivity index (χ0n) is 19.5. The van der Waals surface area contributed by atoms with Crippen molar-refractivity contribution in [2.24, 2.45) is 0 Å². The highest BCUT2D eigenvalue weighted by Gasteiger charge is 2.53. The van der Waals surface area contributed by atoms with Gasteiger partial charge < -0.3 is 13.7 Å². The van der Waals surface area contributed by atoms with Gasteiger partial charge in [0.2, 0.25) is 8.32 Å². The monoisotopic (exact) mass is 390 g/mol. The standard InChI is InChI=1S/C22H39BO3Si/c1-19(2,3)16-13-14-18(24-27(11,12)20(4,5)6)17(15-16)23-25-21(7,8)22(9,10)26-23/h13-15H,1-12H3. The molecule has 1 heterocycles. The summed E-state index contributed by atoms with van der Waals surface area (Å²) in [6.45, 7) is 26.4. The molecule has 1 aliphatic rings. The lowest BCUT2D eigenvalue weighted by molar-refractivity contribution is 0.00578. The average molecular weight is 390 g/mol. The molecule has 0 aliphatic carbocycles. The van der Waals surface area contributed by atoms with Crippen molar-refractivity contribution < 1.29 is 13.7 Å². The maximum absolute atomic E-state index is 6.69. The third-order valence-corrected chi connectivity index (χ3v) is 10.9. The minimum atomic E-state index is -1.97. The molecule has 0 amide bonds. The van der Waals surface area contributed by atoms with Gasteiger partial charge in [-0.05, 0) is 62.9 Å². The van der Waals surface area contributed by atoms with Crippen LogP contribution in [0.5, 0.6) is 5.75 Å². The van der Waals surface area contributed by atoms with Crippen molar-refractivity contribution in [1.29, 1.82) is 0 Å². The first kappa shape index (κ1) is 22.5. The van der Waals surface area contributed by atoms with Crippen LogP contribution >= 0.6 is 0 Å². The molecule has 0 bridgehead atoms. The molecular formula is C22H39BO3Si. The molecule has 1 fully saturated rings. The van der Waals surface area contributed by atoms with Gasteiger partial charge in [-0.25, -0.2) is 0 Å². The molecule has 0 atom stereocenters. The maximum Gasteiger partial charge on any atom is 0.498 e. The molecule has 1 aliphatic heterocycles. The molecule has 0 spiro atoms.